The van der Waals surface area contributed by atoms with Gasteiger partial charge in [-0.3, -0.25) is 4.40 Å². The van der Waals surface area contributed by atoms with Crippen molar-refractivity contribution in [2.24, 2.45) is 4.99 Å². The zero-order valence-corrected chi connectivity index (χ0v) is 21.8. The number of benzene rings is 1. The molecule has 3 heterocycles. The van der Waals surface area contributed by atoms with Crippen molar-refractivity contribution in [3.05, 3.63) is 53.5 Å². The van der Waals surface area contributed by atoms with E-state index in [-0.39, 0.29) is 30.1 Å². The van der Waals surface area contributed by atoms with E-state index in [2.05, 4.69) is 46.8 Å². The van der Waals surface area contributed by atoms with Gasteiger partial charge >= 0.3 is 0 Å². The normalized spacial score (nSPS) is 15.0. The summed E-state index contributed by atoms with van der Waals surface area (Å²) in [6, 6.07) is 10.1. The van der Waals surface area contributed by atoms with Crippen molar-refractivity contribution in [1.82, 2.24) is 25.2 Å². The third kappa shape index (κ3) is 6.27. The Bertz CT molecular complexity index is 1080. The Morgan fingerprint density at radius 3 is 2.94 bits per heavy atom. The minimum absolute atomic E-state index is 0. The quantitative estimate of drug-likeness (QED) is 0.178. The average molecular weight is 564 g/mol. The molecule has 0 saturated carbocycles. The summed E-state index contributed by atoms with van der Waals surface area (Å²) >= 11 is 0. The van der Waals surface area contributed by atoms with Gasteiger partial charge in [0.25, 0.3) is 0 Å². The van der Waals surface area contributed by atoms with E-state index >= 15 is 0 Å². The highest BCUT2D eigenvalue weighted by atomic mass is 127. The van der Waals surface area contributed by atoms with Gasteiger partial charge in [0.2, 0.25) is 0 Å². The van der Waals surface area contributed by atoms with Crippen LogP contribution in [0.2, 0.25) is 0 Å². The second kappa shape index (κ2) is 12.1. The molecule has 0 aliphatic carbocycles. The topological polar surface area (TPSA) is 85.1 Å². The lowest BCUT2D eigenvalue weighted by molar-refractivity contribution is 0.254. The lowest BCUT2D eigenvalue weighted by Gasteiger charge is -2.14. The zero-order chi connectivity index (χ0) is 22.3. The molecule has 0 fully saturated rings. The van der Waals surface area contributed by atoms with Gasteiger partial charge in [-0.05, 0) is 51.5 Å². The molecular weight excluding hydrogens is 531 g/mol. The number of nitrogens with one attached hydrogen (secondary N) is 2. The monoisotopic (exact) mass is 564 g/mol. The van der Waals surface area contributed by atoms with Crippen LogP contribution in [-0.2, 0) is 19.4 Å². The number of pyridine rings is 1. The van der Waals surface area contributed by atoms with Crippen molar-refractivity contribution >= 4 is 35.6 Å². The molecule has 2 N–H and O–H groups in total. The second-order valence-corrected chi connectivity index (χ2v) is 7.90. The van der Waals surface area contributed by atoms with Gasteiger partial charge in [0.05, 0.1) is 13.2 Å². The number of halogens is 1. The van der Waals surface area contributed by atoms with Crippen LogP contribution < -0.4 is 20.1 Å². The summed E-state index contributed by atoms with van der Waals surface area (Å²) in [5, 5.41) is 15.3. The van der Waals surface area contributed by atoms with Crippen molar-refractivity contribution in [3.63, 3.8) is 0 Å². The highest BCUT2D eigenvalue weighted by Crippen LogP contribution is 2.35. The SMILES string of the molecule is CCNC(=NCc1cc2c(cc1OCC)CC(C)O2)NCCCc1nnc2ccccn12.I. The van der Waals surface area contributed by atoms with Gasteiger partial charge in [-0.25, -0.2) is 4.99 Å². The van der Waals surface area contributed by atoms with E-state index in [0.29, 0.717) is 13.2 Å². The molecule has 0 spiro atoms. The first kappa shape index (κ1) is 25.1. The predicted molar refractivity (Wildman–Crippen MR) is 141 cm³/mol. The molecule has 1 unspecified atom stereocenters. The summed E-state index contributed by atoms with van der Waals surface area (Å²) in [5.41, 5.74) is 3.12. The van der Waals surface area contributed by atoms with E-state index < -0.39 is 0 Å². The number of nitrogens with zero attached hydrogens (tertiary/aromatic N) is 4. The molecule has 0 bridgehead atoms. The maximum Gasteiger partial charge on any atom is 0.191 e. The van der Waals surface area contributed by atoms with Crippen molar-refractivity contribution in [2.75, 3.05) is 19.7 Å². The molecule has 0 amide bonds. The van der Waals surface area contributed by atoms with Crippen molar-refractivity contribution in [2.45, 2.75) is 52.7 Å². The van der Waals surface area contributed by atoms with Crippen LogP contribution in [0.4, 0.5) is 0 Å². The average Bonchev–Trinajstić information content (AvgIpc) is 3.37. The minimum Gasteiger partial charge on any atom is -0.494 e. The maximum absolute atomic E-state index is 5.93. The molecule has 9 heteroatoms. The highest BCUT2D eigenvalue weighted by Gasteiger charge is 2.21. The lowest BCUT2D eigenvalue weighted by atomic mass is 10.1. The van der Waals surface area contributed by atoms with E-state index in [1.165, 1.54) is 5.56 Å². The first-order chi connectivity index (χ1) is 15.7. The van der Waals surface area contributed by atoms with Crippen molar-refractivity contribution in [1.29, 1.82) is 0 Å². The molecule has 4 rings (SSSR count). The predicted octanol–water partition coefficient (Wildman–Crippen LogP) is 3.76. The fraction of sp³-hybridized carbons (Fsp3) is 0.458. The van der Waals surface area contributed by atoms with Gasteiger partial charge < -0.3 is 20.1 Å². The summed E-state index contributed by atoms with van der Waals surface area (Å²) in [6.45, 7) is 8.89. The molecule has 0 saturated heterocycles. The molecule has 1 aliphatic heterocycles. The summed E-state index contributed by atoms with van der Waals surface area (Å²) < 4.78 is 13.8. The first-order valence-electron chi connectivity index (χ1n) is 11.4. The number of fused-ring (bicyclic) bond motifs is 2. The molecule has 1 aromatic carbocycles. The van der Waals surface area contributed by atoms with E-state index in [1.807, 2.05) is 35.7 Å². The summed E-state index contributed by atoms with van der Waals surface area (Å²) in [4.78, 5) is 4.78. The molecule has 1 aliphatic rings. The van der Waals surface area contributed by atoms with Crippen LogP contribution in [0.25, 0.3) is 5.65 Å². The molecule has 3 aromatic rings. The third-order valence-corrected chi connectivity index (χ3v) is 5.38. The number of hydrogen-bond acceptors (Lipinski definition) is 5. The molecule has 1 atom stereocenters. The molecule has 0 radical (unpaired) electrons. The van der Waals surface area contributed by atoms with Crippen LogP contribution >= 0.6 is 24.0 Å². The van der Waals surface area contributed by atoms with Crippen LogP contribution in [0, 0.1) is 0 Å². The Morgan fingerprint density at radius 2 is 2.12 bits per heavy atom. The Labute approximate surface area is 212 Å². The van der Waals surface area contributed by atoms with Crippen LogP contribution in [-0.4, -0.2) is 46.4 Å². The largest absolute Gasteiger partial charge is 0.494 e. The number of ether oxygens (including phenoxy) is 2. The van der Waals surface area contributed by atoms with E-state index in [1.54, 1.807) is 0 Å². The number of rotatable bonds is 9. The summed E-state index contributed by atoms with van der Waals surface area (Å²) in [5.74, 6) is 3.60. The first-order valence-corrected chi connectivity index (χ1v) is 11.4. The third-order valence-electron chi connectivity index (χ3n) is 5.38. The van der Waals surface area contributed by atoms with Crippen molar-refractivity contribution < 1.29 is 9.47 Å². The Morgan fingerprint density at radius 1 is 1.24 bits per heavy atom. The van der Waals surface area contributed by atoms with Gasteiger partial charge in [0.15, 0.2) is 11.6 Å². The van der Waals surface area contributed by atoms with E-state index in [4.69, 9.17) is 14.5 Å². The number of hydrogen-bond donors (Lipinski definition) is 2. The molecule has 178 valence electrons. The van der Waals surface area contributed by atoms with Crippen molar-refractivity contribution in [3.8, 4) is 11.5 Å². The molecular formula is C24H33IN6O2. The fourth-order valence-electron chi connectivity index (χ4n) is 3.92. The maximum atomic E-state index is 5.93. The van der Waals surface area contributed by atoms with Gasteiger partial charge in [-0.1, -0.05) is 6.07 Å². The van der Waals surface area contributed by atoms with E-state index in [9.17, 15) is 0 Å². The van der Waals surface area contributed by atoms with Gasteiger partial charge in [-0.2, -0.15) is 0 Å². The Balaban J connectivity index is 0.00000306. The number of aliphatic imine (C=N–C) groups is 1. The number of guanidine groups is 1. The molecule has 33 heavy (non-hydrogen) atoms. The summed E-state index contributed by atoms with van der Waals surface area (Å²) in [6.07, 6.45) is 4.89. The summed E-state index contributed by atoms with van der Waals surface area (Å²) in [7, 11) is 0. The number of aromatic nitrogens is 3. The van der Waals surface area contributed by atoms with Crippen LogP contribution in [0.3, 0.4) is 0 Å². The highest BCUT2D eigenvalue weighted by molar-refractivity contribution is 14.0. The Kier molecular flexibility index (Phi) is 9.16. The van der Waals surface area contributed by atoms with Gasteiger partial charge in [-0.15, -0.1) is 34.2 Å². The minimum atomic E-state index is 0. The van der Waals surface area contributed by atoms with Gasteiger partial charge in [0.1, 0.15) is 23.4 Å². The Hall–Kier alpha value is -2.56. The smallest absolute Gasteiger partial charge is 0.191 e. The standard InChI is InChI=1S/C24H32N6O2.HI/c1-4-25-24(26-11-8-10-23-29-28-22-9-6-7-12-30(22)23)27-16-19-15-21-18(13-17(3)32-21)14-20(19)31-5-2;/h6-7,9,12,14-15,17H,4-5,8,10-11,13,16H2,1-3H3,(H2,25,26,27);1H. The van der Waals surface area contributed by atoms with E-state index in [0.717, 1.165) is 66.8 Å². The van der Waals surface area contributed by atoms with Crippen LogP contribution in [0.5, 0.6) is 11.5 Å². The lowest BCUT2D eigenvalue weighted by Crippen LogP contribution is -2.37. The molecule has 8 nitrogen and oxygen atoms in total. The van der Waals surface area contributed by atoms with Gasteiger partial charge in [0, 0.05) is 43.3 Å². The zero-order valence-electron chi connectivity index (χ0n) is 19.5. The number of aryl methyl sites for hydroxylation is 1. The van der Waals surface area contributed by atoms with Crippen LogP contribution in [0.15, 0.2) is 41.5 Å². The second-order valence-electron chi connectivity index (χ2n) is 7.90. The van der Waals surface area contributed by atoms with Crippen LogP contribution in [0.1, 0.15) is 44.1 Å². The fourth-order valence-corrected chi connectivity index (χ4v) is 3.92. The molecule has 2 aromatic heterocycles.